The summed E-state index contributed by atoms with van der Waals surface area (Å²) in [5, 5.41) is 0.0732. The summed E-state index contributed by atoms with van der Waals surface area (Å²) in [5.74, 6) is -0.390. The van der Waals surface area contributed by atoms with E-state index < -0.39 is 25.8 Å². The van der Waals surface area contributed by atoms with E-state index in [1.807, 2.05) is 20.8 Å². The highest BCUT2D eigenvalue weighted by atomic mass is 28.4. The molecule has 1 saturated heterocycles. The molecule has 2 atom stereocenters. The number of hydrogen-bond acceptors (Lipinski definition) is 4. The molecule has 0 aromatic carbocycles. The molecule has 1 fully saturated rings. The number of likely N-dealkylation sites (tertiary alicyclic amines) is 1. The lowest BCUT2D eigenvalue weighted by molar-refractivity contribution is 0.0234. The largest absolute Gasteiger partial charge is 0.444 e. The monoisotopic (exact) mass is 412 g/mol. The first kappa shape index (κ1) is 24.6. The van der Waals surface area contributed by atoms with E-state index in [1.54, 1.807) is 4.90 Å². The van der Waals surface area contributed by atoms with Crippen molar-refractivity contribution in [3.63, 3.8) is 0 Å². The van der Waals surface area contributed by atoms with Crippen molar-refractivity contribution in [1.29, 1.82) is 0 Å². The van der Waals surface area contributed by atoms with Crippen LogP contribution in [0.25, 0.3) is 0 Å². The summed E-state index contributed by atoms with van der Waals surface area (Å²) in [6, 6.07) is -0.290. The number of ether oxygens (including phenoxy) is 1. The van der Waals surface area contributed by atoms with Gasteiger partial charge in [-0.25, -0.2) is 9.18 Å². The Balaban J connectivity index is 3.04. The molecule has 1 heterocycles. The third-order valence-corrected chi connectivity index (χ3v) is 9.61. The first-order chi connectivity index (χ1) is 12.5. The van der Waals surface area contributed by atoms with Crippen LogP contribution in [0.4, 0.5) is 9.18 Å². The van der Waals surface area contributed by atoms with Crippen molar-refractivity contribution in [3.05, 3.63) is 24.2 Å². The van der Waals surface area contributed by atoms with Crippen molar-refractivity contribution < 1.29 is 18.3 Å². The molecule has 0 saturated carbocycles. The fourth-order valence-electron chi connectivity index (χ4n) is 2.67. The molecule has 7 heteroatoms. The second-order valence-corrected chi connectivity index (χ2v) is 14.7. The van der Waals surface area contributed by atoms with E-state index in [0.29, 0.717) is 18.5 Å². The quantitative estimate of drug-likeness (QED) is 0.421. The van der Waals surface area contributed by atoms with Crippen LogP contribution in [0.3, 0.4) is 0 Å². The van der Waals surface area contributed by atoms with Crippen LogP contribution in [0, 0.1) is 0 Å². The van der Waals surface area contributed by atoms with E-state index in [9.17, 15) is 9.18 Å². The zero-order chi connectivity index (χ0) is 21.9. The Kier molecular flexibility index (Phi) is 7.81. The van der Waals surface area contributed by atoms with E-state index >= 15 is 0 Å². The molecule has 1 unspecified atom stereocenters. The number of allylic oxidation sites excluding steroid dienone is 1. The van der Waals surface area contributed by atoms with Gasteiger partial charge in [0.2, 0.25) is 0 Å². The van der Waals surface area contributed by atoms with Gasteiger partial charge < -0.3 is 9.16 Å². The number of carbonyl (C=O) groups is 1. The number of nitrogens with zero attached hydrogens (tertiary/aromatic N) is 2. The summed E-state index contributed by atoms with van der Waals surface area (Å²) >= 11 is 0. The number of amides is 1. The molecule has 1 aliphatic rings. The van der Waals surface area contributed by atoms with Crippen molar-refractivity contribution >= 4 is 20.6 Å². The van der Waals surface area contributed by atoms with Crippen LogP contribution in [-0.2, 0) is 9.16 Å². The molecule has 0 bridgehead atoms. The van der Waals surface area contributed by atoms with Crippen LogP contribution in [0.1, 0.15) is 54.9 Å². The minimum absolute atomic E-state index is 0.0732. The van der Waals surface area contributed by atoms with Crippen molar-refractivity contribution in [1.82, 2.24) is 4.90 Å². The molecule has 1 rings (SSSR count). The van der Waals surface area contributed by atoms with Crippen molar-refractivity contribution in [2.24, 2.45) is 4.99 Å². The van der Waals surface area contributed by atoms with Gasteiger partial charge in [0.05, 0.1) is 18.3 Å². The highest BCUT2D eigenvalue weighted by molar-refractivity contribution is 6.74. The number of hydrogen-bond donors (Lipinski definition) is 0. The molecule has 0 aliphatic carbocycles. The lowest BCUT2D eigenvalue weighted by atomic mass is 10.1. The van der Waals surface area contributed by atoms with Gasteiger partial charge in [-0.3, -0.25) is 9.89 Å². The lowest BCUT2D eigenvalue weighted by Gasteiger charge is -2.38. The second-order valence-electron chi connectivity index (χ2n) is 9.95. The highest BCUT2D eigenvalue weighted by Crippen LogP contribution is 2.39. The molecule has 28 heavy (non-hydrogen) atoms. The lowest BCUT2D eigenvalue weighted by Crippen LogP contribution is -2.45. The van der Waals surface area contributed by atoms with Gasteiger partial charge in [-0.05, 0) is 57.8 Å². The van der Waals surface area contributed by atoms with Crippen LogP contribution in [0.2, 0.25) is 18.1 Å². The minimum atomic E-state index is -1.99. The maximum atomic E-state index is 12.9. The van der Waals surface area contributed by atoms with Gasteiger partial charge in [0.15, 0.2) is 8.32 Å². The summed E-state index contributed by atoms with van der Waals surface area (Å²) in [6.07, 6.45) is 2.75. The summed E-state index contributed by atoms with van der Waals surface area (Å²) in [4.78, 5) is 18.4. The summed E-state index contributed by atoms with van der Waals surface area (Å²) in [6.45, 7) is 22.3. The zero-order valence-corrected chi connectivity index (χ0v) is 19.9. The standard InChI is InChI=1S/C21H37FN2O3Si/c1-15(12-23-13-16(2)22)18-11-17(27-28(9,10)21(6,7)8)14-24(18)19(25)26-20(3,4)5/h12-13,17-18H,1,11,14H2,2-10H3/b16-13+,23-12-/t17?,18-/m1/s1. The molecule has 0 radical (unpaired) electrons. The third kappa shape index (κ3) is 7.17. The van der Waals surface area contributed by atoms with E-state index in [2.05, 4.69) is 45.4 Å². The van der Waals surface area contributed by atoms with Crippen LogP contribution >= 0.6 is 0 Å². The summed E-state index contributed by atoms with van der Waals surface area (Å²) in [5.41, 5.74) is 0.0356. The van der Waals surface area contributed by atoms with Crippen LogP contribution in [-0.4, -0.2) is 49.8 Å². The van der Waals surface area contributed by atoms with Gasteiger partial charge in [-0.1, -0.05) is 27.4 Å². The summed E-state index contributed by atoms with van der Waals surface area (Å²) < 4.78 is 25.0. The first-order valence-electron chi connectivity index (χ1n) is 9.75. The number of carbonyl (C=O) groups excluding carboxylic acids is 1. The van der Waals surface area contributed by atoms with Gasteiger partial charge in [-0.2, -0.15) is 0 Å². The Morgan fingerprint density at radius 1 is 1.25 bits per heavy atom. The van der Waals surface area contributed by atoms with E-state index in [-0.39, 0.29) is 17.2 Å². The number of rotatable bonds is 5. The zero-order valence-electron chi connectivity index (χ0n) is 18.9. The molecular formula is C21H37FN2O3Si. The Bertz CT molecular complexity index is 641. The predicted octanol–water partition coefficient (Wildman–Crippen LogP) is 5.84. The van der Waals surface area contributed by atoms with Crippen LogP contribution < -0.4 is 0 Å². The SMILES string of the molecule is C=C(/C=N\C=C(/C)F)[C@H]1CC(O[Si](C)(C)C(C)(C)C)CN1C(=O)OC(C)(C)C. The predicted molar refractivity (Wildman–Crippen MR) is 116 cm³/mol. The Labute approximate surface area is 170 Å². The normalized spacial score (nSPS) is 22.1. The fourth-order valence-corrected chi connectivity index (χ4v) is 4.03. The topological polar surface area (TPSA) is 51.1 Å². The van der Waals surface area contributed by atoms with Gasteiger partial charge in [0.25, 0.3) is 0 Å². The van der Waals surface area contributed by atoms with Gasteiger partial charge >= 0.3 is 6.09 Å². The maximum Gasteiger partial charge on any atom is 0.410 e. The second kappa shape index (κ2) is 8.90. The number of halogens is 1. The first-order valence-corrected chi connectivity index (χ1v) is 12.7. The Morgan fingerprint density at radius 3 is 2.29 bits per heavy atom. The Morgan fingerprint density at radius 2 is 1.82 bits per heavy atom. The average molecular weight is 413 g/mol. The molecule has 0 N–H and O–H groups in total. The molecule has 5 nitrogen and oxygen atoms in total. The van der Waals surface area contributed by atoms with Gasteiger partial charge in [0.1, 0.15) is 11.4 Å². The molecule has 160 valence electrons. The average Bonchev–Trinajstić information content (AvgIpc) is 2.87. The molecule has 0 aromatic rings. The highest BCUT2D eigenvalue weighted by Gasteiger charge is 2.44. The van der Waals surface area contributed by atoms with Gasteiger partial charge in [0, 0.05) is 12.8 Å². The van der Waals surface area contributed by atoms with Crippen LogP contribution in [0.5, 0.6) is 0 Å². The van der Waals surface area contributed by atoms with Crippen LogP contribution in [0.15, 0.2) is 29.2 Å². The van der Waals surface area contributed by atoms with E-state index in [1.165, 1.54) is 13.1 Å². The van der Waals surface area contributed by atoms with E-state index in [0.717, 1.165) is 6.20 Å². The molecule has 0 spiro atoms. The van der Waals surface area contributed by atoms with Crippen molar-refractivity contribution in [3.8, 4) is 0 Å². The maximum absolute atomic E-state index is 12.9. The van der Waals surface area contributed by atoms with E-state index in [4.69, 9.17) is 9.16 Å². The van der Waals surface area contributed by atoms with Crippen molar-refractivity contribution in [2.45, 2.75) is 90.8 Å². The number of aliphatic imine (C=N–C) groups is 1. The molecule has 1 aliphatic heterocycles. The molecular weight excluding hydrogens is 375 g/mol. The van der Waals surface area contributed by atoms with Crippen molar-refractivity contribution in [2.75, 3.05) is 6.54 Å². The summed E-state index contributed by atoms with van der Waals surface area (Å²) in [7, 11) is -1.99. The minimum Gasteiger partial charge on any atom is -0.444 e. The third-order valence-electron chi connectivity index (χ3n) is 5.08. The molecule has 0 aromatic heterocycles. The molecule has 1 amide bonds. The Hall–Kier alpha value is -1.47. The van der Waals surface area contributed by atoms with Gasteiger partial charge in [-0.15, -0.1) is 0 Å². The smallest absolute Gasteiger partial charge is 0.410 e. The fraction of sp³-hybridized carbons (Fsp3) is 0.714.